The second-order valence-electron chi connectivity index (χ2n) is 4.45. The molecule has 106 valence electrons. The fourth-order valence-corrected chi connectivity index (χ4v) is 1.63. The average Bonchev–Trinajstić information content (AvgIpc) is 2.29. The summed E-state index contributed by atoms with van der Waals surface area (Å²) in [6.07, 6.45) is 1.58. The normalized spacial score (nSPS) is 12.4. The first-order valence-corrected chi connectivity index (χ1v) is 6.69. The molecule has 3 N–H and O–H groups in total. The molecule has 0 aromatic carbocycles. The summed E-state index contributed by atoms with van der Waals surface area (Å²) in [4.78, 5) is 14.1. The molecule has 0 spiro atoms. The fourth-order valence-electron chi connectivity index (χ4n) is 1.41. The van der Waals surface area contributed by atoms with Gasteiger partial charge >= 0.3 is 0 Å². The molecule has 0 aliphatic carbocycles. The first kappa shape index (κ1) is 17.3. The number of nitrogens with two attached hydrogens (primary N) is 1. The molecule has 0 aliphatic heterocycles. The van der Waals surface area contributed by atoms with E-state index in [1.54, 1.807) is 0 Å². The van der Waals surface area contributed by atoms with Crippen LogP contribution in [0.25, 0.3) is 0 Å². The molecular weight excluding hydrogens is 250 g/mol. The monoisotopic (exact) mass is 275 g/mol. The number of amides is 1. The maximum atomic E-state index is 11.8. The van der Waals surface area contributed by atoms with E-state index < -0.39 is 0 Å². The smallest absolute Gasteiger partial charge is 0.230 e. The van der Waals surface area contributed by atoms with Crippen molar-refractivity contribution in [2.24, 2.45) is 11.7 Å². The number of nitrogens with one attached hydrogen (secondary N) is 1. The Morgan fingerprint density at radius 3 is 2.61 bits per heavy atom. The van der Waals surface area contributed by atoms with Crippen molar-refractivity contribution in [3.8, 4) is 0 Å². The summed E-state index contributed by atoms with van der Waals surface area (Å²) in [6, 6.07) is 0. The molecule has 0 aliphatic rings. The van der Waals surface area contributed by atoms with Crippen molar-refractivity contribution in [3.05, 3.63) is 0 Å². The maximum absolute atomic E-state index is 11.8. The van der Waals surface area contributed by atoms with Crippen LogP contribution in [0, 0.1) is 5.92 Å². The third-order valence-corrected chi connectivity index (χ3v) is 2.75. The molecule has 0 saturated carbocycles. The fraction of sp³-hybridized carbons (Fsp3) is 0.833. The molecule has 0 radical (unpaired) electrons. The zero-order valence-electron chi connectivity index (χ0n) is 11.6. The lowest BCUT2D eigenvalue weighted by molar-refractivity contribution is -0.123. The van der Waals surface area contributed by atoms with Gasteiger partial charge in [0.15, 0.2) is 0 Å². The van der Waals surface area contributed by atoms with Gasteiger partial charge in [0.25, 0.3) is 0 Å². The van der Waals surface area contributed by atoms with Crippen molar-refractivity contribution >= 4 is 23.1 Å². The molecule has 0 aromatic heterocycles. The predicted octanol–water partition coefficient (Wildman–Crippen LogP) is 0.383. The molecule has 0 rings (SSSR count). The summed E-state index contributed by atoms with van der Waals surface area (Å²) < 4.78 is 5.37. The molecule has 1 unspecified atom stereocenters. The van der Waals surface area contributed by atoms with Gasteiger partial charge in [-0.15, -0.1) is 0 Å². The Labute approximate surface area is 115 Å². The third kappa shape index (κ3) is 8.38. The van der Waals surface area contributed by atoms with Crippen molar-refractivity contribution in [1.82, 2.24) is 10.2 Å². The summed E-state index contributed by atoms with van der Waals surface area (Å²) in [5.41, 5.74) is 5.54. The van der Waals surface area contributed by atoms with E-state index in [1.165, 1.54) is 0 Å². The van der Waals surface area contributed by atoms with Crippen molar-refractivity contribution in [1.29, 1.82) is 0 Å². The van der Waals surface area contributed by atoms with Crippen LogP contribution in [0.2, 0.25) is 0 Å². The Morgan fingerprint density at radius 2 is 2.11 bits per heavy atom. The van der Waals surface area contributed by atoms with E-state index in [-0.39, 0.29) is 16.8 Å². The first-order valence-electron chi connectivity index (χ1n) is 6.28. The average molecular weight is 275 g/mol. The number of carbonyl (C=O) groups excluding carboxylic acids is 1. The Bertz CT molecular complexity index is 260. The Balaban J connectivity index is 3.71. The van der Waals surface area contributed by atoms with Crippen LogP contribution >= 0.6 is 12.2 Å². The highest BCUT2D eigenvalue weighted by molar-refractivity contribution is 7.80. The minimum Gasteiger partial charge on any atom is -0.393 e. The highest BCUT2D eigenvalue weighted by Gasteiger charge is 2.19. The topological polar surface area (TPSA) is 67.6 Å². The van der Waals surface area contributed by atoms with Crippen LogP contribution in [-0.2, 0) is 9.53 Å². The van der Waals surface area contributed by atoms with E-state index in [1.807, 2.05) is 25.9 Å². The van der Waals surface area contributed by atoms with Gasteiger partial charge in [0, 0.05) is 13.1 Å². The number of carbonyl (C=O) groups is 1. The Hall–Kier alpha value is -0.720. The van der Waals surface area contributed by atoms with E-state index in [2.05, 4.69) is 5.32 Å². The minimum atomic E-state index is -0.355. The van der Waals surface area contributed by atoms with Crippen LogP contribution in [0.5, 0.6) is 0 Å². The van der Waals surface area contributed by atoms with Gasteiger partial charge < -0.3 is 20.7 Å². The molecule has 1 atom stereocenters. The van der Waals surface area contributed by atoms with Gasteiger partial charge in [-0.3, -0.25) is 4.79 Å². The number of ether oxygens (including phenoxy) is 1. The number of hydrogen-bond donors (Lipinski definition) is 2. The molecule has 18 heavy (non-hydrogen) atoms. The largest absolute Gasteiger partial charge is 0.393 e. The van der Waals surface area contributed by atoms with Gasteiger partial charge in [-0.25, -0.2) is 0 Å². The zero-order valence-corrected chi connectivity index (χ0v) is 12.4. The standard InChI is InChI=1S/C12H25N3O2S/c1-4-5-10(11(13)18)12(16)14-6-8-17-9-7-15(2)3/h10H,4-9H2,1-3H3,(H2,13,18)(H,14,16). The second kappa shape index (κ2) is 10.2. The maximum Gasteiger partial charge on any atom is 0.230 e. The van der Waals surface area contributed by atoms with Crippen molar-refractivity contribution in [2.75, 3.05) is 40.4 Å². The van der Waals surface area contributed by atoms with Gasteiger partial charge in [0.1, 0.15) is 0 Å². The second-order valence-corrected chi connectivity index (χ2v) is 4.92. The number of hydrogen-bond acceptors (Lipinski definition) is 4. The lowest BCUT2D eigenvalue weighted by atomic mass is 10.0. The summed E-state index contributed by atoms with van der Waals surface area (Å²) in [6.45, 7) is 4.55. The lowest BCUT2D eigenvalue weighted by Crippen LogP contribution is -2.39. The highest BCUT2D eigenvalue weighted by atomic mass is 32.1. The van der Waals surface area contributed by atoms with Crippen LogP contribution in [-0.4, -0.2) is 56.2 Å². The van der Waals surface area contributed by atoms with Gasteiger partial charge in [-0.1, -0.05) is 25.6 Å². The van der Waals surface area contributed by atoms with Gasteiger partial charge in [-0.05, 0) is 20.5 Å². The predicted molar refractivity (Wildman–Crippen MR) is 77.6 cm³/mol. The van der Waals surface area contributed by atoms with E-state index in [4.69, 9.17) is 22.7 Å². The van der Waals surface area contributed by atoms with E-state index >= 15 is 0 Å². The van der Waals surface area contributed by atoms with Gasteiger partial charge in [0.2, 0.25) is 5.91 Å². The number of likely N-dealkylation sites (N-methyl/N-ethyl adjacent to an activating group) is 1. The SMILES string of the molecule is CCCC(C(=O)NCCOCCN(C)C)C(N)=S. The summed E-state index contributed by atoms with van der Waals surface area (Å²) in [5.74, 6) is -0.452. The molecule has 5 nitrogen and oxygen atoms in total. The highest BCUT2D eigenvalue weighted by Crippen LogP contribution is 2.06. The molecule has 1 amide bonds. The van der Waals surface area contributed by atoms with Crippen LogP contribution in [0.1, 0.15) is 19.8 Å². The molecule has 6 heteroatoms. The molecule has 0 aromatic rings. The summed E-state index contributed by atoms with van der Waals surface area (Å²) >= 11 is 4.89. The molecule has 0 bridgehead atoms. The zero-order chi connectivity index (χ0) is 14.0. The van der Waals surface area contributed by atoms with Crippen molar-refractivity contribution < 1.29 is 9.53 Å². The first-order chi connectivity index (χ1) is 8.49. The number of nitrogens with zero attached hydrogens (tertiary/aromatic N) is 1. The van der Waals surface area contributed by atoms with Crippen LogP contribution in [0.4, 0.5) is 0 Å². The van der Waals surface area contributed by atoms with Crippen molar-refractivity contribution in [3.63, 3.8) is 0 Å². The minimum absolute atomic E-state index is 0.0967. The lowest BCUT2D eigenvalue weighted by Gasteiger charge is -2.15. The molecule has 0 fully saturated rings. The Morgan fingerprint density at radius 1 is 1.44 bits per heavy atom. The molecule has 0 heterocycles. The summed E-state index contributed by atoms with van der Waals surface area (Å²) in [5, 5.41) is 2.79. The van der Waals surface area contributed by atoms with Crippen molar-refractivity contribution in [2.45, 2.75) is 19.8 Å². The van der Waals surface area contributed by atoms with Gasteiger partial charge in [-0.2, -0.15) is 0 Å². The van der Waals surface area contributed by atoms with E-state index in [0.717, 1.165) is 13.0 Å². The number of thiocarbonyl (C=S) groups is 1. The van der Waals surface area contributed by atoms with Gasteiger partial charge in [0.05, 0.1) is 24.1 Å². The van der Waals surface area contributed by atoms with Crippen LogP contribution in [0.15, 0.2) is 0 Å². The molecular formula is C12H25N3O2S. The van der Waals surface area contributed by atoms with E-state index in [9.17, 15) is 4.79 Å². The van der Waals surface area contributed by atoms with Crippen LogP contribution in [0.3, 0.4) is 0 Å². The summed E-state index contributed by atoms with van der Waals surface area (Å²) in [7, 11) is 3.98. The van der Waals surface area contributed by atoms with Crippen LogP contribution < -0.4 is 11.1 Å². The third-order valence-electron chi connectivity index (χ3n) is 2.47. The Kier molecular flexibility index (Phi) is 9.82. The molecule has 0 saturated heterocycles. The quantitative estimate of drug-likeness (QED) is 0.446. The number of rotatable bonds is 10. The van der Waals surface area contributed by atoms with E-state index in [0.29, 0.717) is 26.2 Å².